The fraction of sp³-hybridized carbons (Fsp3) is 0.182. The van der Waals surface area contributed by atoms with Crippen LogP contribution in [0.4, 0.5) is 22.7 Å². The SMILES string of the molecule is CC(C)(C)c1cc([N+]2=C=[N+](c3[c-]c(Oc4[c-]c5c(cc4)c4cc(-c6ccccc6)ccc4n5-c4cc(C(C)(C)C)ccn4)ccc3)c3cccc(-c4cccc5c4oc4ccccc45)c32)cc(C(C)(C)C)c1.[Pt+2]. The van der Waals surface area contributed by atoms with Crippen molar-refractivity contribution in [3.8, 4) is 39.6 Å². The third-order valence-corrected chi connectivity index (χ3v) is 14.1. The Hall–Kier alpha value is -7.62. The number of aromatic nitrogens is 2. The second-order valence-electron chi connectivity index (χ2n) is 22.2. The normalized spacial score (nSPS) is 12.8. The first-order valence-corrected chi connectivity index (χ1v) is 24.9. The first kappa shape index (κ1) is 47.7. The fourth-order valence-electron chi connectivity index (χ4n) is 10.1. The summed E-state index contributed by atoms with van der Waals surface area (Å²) in [6.07, 6.45) is 1.91. The maximum Gasteiger partial charge on any atom is 2.00 e. The van der Waals surface area contributed by atoms with E-state index in [4.69, 9.17) is 14.1 Å². The van der Waals surface area contributed by atoms with Crippen LogP contribution in [0.3, 0.4) is 0 Å². The Morgan fingerprint density at radius 1 is 0.534 bits per heavy atom. The average Bonchev–Trinajstić information content (AvgIpc) is 4.06. The molecule has 0 spiro atoms. The molecule has 0 saturated carbocycles. The van der Waals surface area contributed by atoms with Crippen LogP contribution < -0.4 is 13.9 Å². The van der Waals surface area contributed by atoms with Gasteiger partial charge in [-0.05, 0) is 84.4 Å². The van der Waals surface area contributed by atoms with E-state index in [-0.39, 0.29) is 37.3 Å². The predicted molar refractivity (Wildman–Crippen MR) is 298 cm³/mol. The maximum atomic E-state index is 6.80. The Morgan fingerprint density at radius 2 is 1.22 bits per heavy atom. The molecule has 0 fully saturated rings. The quantitative estimate of drug-likeness (QED) is 0.118. The topological polar surface area (TPSA) is 46.2 Å². The van der Waals surface area contributed by atoms with Crippen molar-refractivity contribution in [2.45, 2.75) is 78.6 Å². The van der Waals surface area contributed by atoms with Crippen LogP contribution in [0.5, 0.6) is 11.5 Å². The Kier molecular flexibility index (Phi) is 11.7. The first-order valence-electron chi connectivity index (χ1n) is 24.9. The number of benzene rings is 8. The Balaban J connectivity index is 0.00000574. The zero-order chi connectivity index (χ0) is 49.7. The summed E-state index contributed by atoms with van der Waals surface area (Å²) in [4.78, 5) is 4.95. The van der Waals surface area contributed by atoms with Gasteiger partial charge in [0.2, 0.25) is 5.69 Å². The van der Waals surface area contributed by atoms with Crippen LogP contribution in [0.2, 0.25) is 0 Å². The Bertz CT molecular complexity index is 4020. The average molecular weight is 1130 g/mol. The van der Waals surface area contributed by atoms with Gasteiger partial charge < -0.3 is 13.7 Å². The van der Waals surface area contributed by atoms with E-state index in [1.165, 1.54) is 22.3 Å². The molecule has 7 heteroatoms. The number of ether oxygens (including phenoxy) is 1. The molecule has 0 unspecified atom stereocenters. The molecule has 1 aliphatic heterocycles. The van der Waals surface area contributed by atoms with Crippen LogP contribution in [0, 0.1) is 12.1 Å². The number of fused-ring (bicyclic) bond motifs is 7. The Labute approximate surface area is 441 Å². The largest absolute Gasteiger partial charge is 2.00 e. The van der Waals surface area contributed by atoms with Crippen molar-refractivity contribution in [3.05, 3.63) is 205 Å². The third kappa shape index (κ3) is 8.53. The minimum absolute atomic E-state index is 0. The zero-order valence-electron chi connectivity index (χ0n) is 42.7. The molecule has 0 amide bonds. The molecule has 12 rings (SSSR count). The smallest absolute Gasteiger partial charge is 0.509 e. The summed E-state index contributed by atoms with van der Waals surface area (Å²) in [5.74, 6) is 1.96. The van der Waals surface area contributed by atoms with Gasteiger partial charge in [0.25, 0.3) is 5.69 Å². The minimum Gasteiger partial charge on any atom is -0.509 e. The van der Waals surface area contributed by atoms with E-state index >= 15 is 0 Å². The summed E-state index contributed by atoms with van der Waals surface area (Å²) >= 11 is 0. The predicted octanol–water partition coefficient (Wildman–Crippen LogP) is 17.6. The van der Waals surface area contributed by atoms with Crippen molar-refractivity contribution in [1.29, 1.82) is 0 Å². The van der Waals surface area contributed by atoms with Crippen LogP contribution in [-0.4, -0.2) is 15.6 Å². The molecule has 0 radical (unpaired) electrons. The molecule has 1 aliphatic rings. The van der Waals surface area contributed by atoms with Gasteiger partial charge in [0, 0.05) is 57.7 Å². The second kappa shape index (κ2) is 17.8. The summed E-state index contributed by atoms with van der Waals surface area (Å²) in [6, 6.07) is 71.1. The van der Waals surface area contributed by atoms with Crippen molar-refractivity contribution >= 4 is 72.5 Å². The van der Waals surface area contributed by atoms with E-state index in [9.17, 15) is 0 Å². The molecule has 73 heavy (non-hydrogen) atoms. The van der Waals surface area contributed by atoms with E-state index in [1.54, 1.807) is 0 Å². The molecule has 360 valence electrons. The number of furan rings is 1. The summed E-state index contributed by atoms with van der Waals surface area (Å²) in [7, 11) is 0. The molecule has 0 N–H and O–H groups in total. The van der Waals surface area contributed by atoms with Gasteiger partial charge >= 0.3 is 32.8 Å². The molecule has 0 bridgehead atoms. The molecule has 3 aromatic heterocycles. The van der Waals surface area contributed by atoms with Gasteiger partial charge in [0.05, 0.1) is 5.56 Å². The number of pyridine rings is 1. The third-order valence-electron chi connectivity index (χ3n) is 14.1. The van der Waals surface area contributed by atoms with Crippen molar-refractivity contribution in [1.82, 2.24) is 18.7 Å². The van der Waals surface area contributed by atoms with Crippen molar-refractivity contribution in [2.24, 2.45) is 0 Å². The molecule has 0 atom stereocenters. The van der Waals surface area contributed by atoms with E-state index in [2.05, 4.69) is 234 Å². The molecule has 4 heterocycles. The van der Waals surface area contributed by atoms with Gasteiger partial charge in [0.1, 0.15) is 22.7 Å². The summed E-state index contributed by atoms with van der Waals surface area (Å²) in [5, 5.41) is 4.36. The second-order valence-corrected chi connectivity index (χ2v) is 22.2. The van der Waals surface area contributed by atoms with E-state index in [0.717, 1.165) is 89.0 Å². The van der Waals surface area contributed by atoms with E-state index in [1.807, 2.05) is 36.5 Å². The van der Waals surface area contributed by atoms with E-state index < -0.39 is 0 Å². The number of hydrogen-bond donors (Lipinski definition) is 0. The van der Waals surface area contributed by atoms with Crippen LogP contribution in [0.25, 0.3) is 71.8 Å². The van der Waals surface area contributed by atoms with Crippen LogP contribution >= 0.6 is 0 Å². The monoisotopic (exact) mass is 1130 g/mol. The zero-order valence-corrected chi connectivity index (χ0v) is 44.9. The minimum atomic E-state index is -0.0937. The first-order chi connectivity index (χ1) is 34.6. The van der Waals surface area contributed by atoms with Crippen LogP contribution in [-0.2, 0) is 37.3 Å². The molecule has 0 saturated heterocycles. The Morgan fingerprint density at radius 3 is 1.99 bits per heavy atom. The van der Waals surface area contributed by atoms with Gasteiger partial charge in [-0.15, -0.1) is 23.6 Å². The van der Waals surface area contributed by atoms with Gasteiger partial charge in [0.15, 0.2) is 0 Å². The number of nitrogens with zero attached hydrogens (tertiary/aromatic N) is 4. The standard InChI is InChI=1S/C66H56N4O2.Pt/c1-64(2,3)44-32-33-67-61(38-44)70-57-31-28-43(42-18-11-10-12-19-42)34-56(57)51-30-29-50(40-59(51)70)71-49-21-15-20-47(39-49)68-41-69(48-36-45(65(4,5)6)35-46(37-48)66(7,8)9)62-53(23-17-26-58(62)68)55-25-16-24-54-52-22-13-14-27-60(52)72-63(54)55;/h10-38H,1-9H3;/q;+2. The van der Waals surface area contributed by atoms with Crippen LogP contribution in [0.1, 0.15) is 79.0 Å². The van der Waals surface area contributed by atoms with Gasteiger partial charge in [-0.25, -0.2) is 4.98 Å². The molecular formula is C66H56N4O2Pt+2. The van der Waals surface area contributed by atoms with Gasteiger partial charge in [-0.1, -0.05) is 176 Å². The van der Waals surface area contributed by atoms with Crippen LogP contribution in [0.15, 0.2) is 180 Å². The molecule has 11 aromatic rings. The fourth-order valence-corrected chi connectivity index (χ4v) is 10.1. The summed E-state index contributed by atoms with van der Waals surface area (Å²) in [6.45, 7) is 20.4. The van der Waals surface area contributed by atoms with E-state index in [0.29, 0.717) is 11.5 Å². The van der Waals surface area contributed by atoms with Crippen molar-refractivity contribution in [2.75, 3.05) is 0 Å². The summed E-state index contributed by atoms with van der Waals surface area (Å²) in [5.41, 5.74) is 15.3. The number of hydrogen-bond acceptors (Lipinski definition) is 3. The molecule has 0 aliphatic carbocycles. The number of para-hydroxylation sites is 3. The van der Waals surface area contributed by atoms with Crippen molar-refractivity contribution in [3.63, 3.8) is 0 Å². The molecule has 6 nitrogen and oxygen atoms in total. The maximum absolute atomic E-state index is 6.80. The number of rotatable bonds is 7. The van der Waals surface area contributed by atoms with Gasteiger partial charge in [-0.3, -0.25) is 0 Å². The molecule has 8 aromatic carbocycles. The van der Waals surface area contributed by atoms with Crippen molar-refractivity contribution < 1.29 is 30.2 Å². The molecular weight excluding hydrogens is 1080 g/mol. The van der Waals surface area contributed by atoms with Gasteiger partial charge in [-0.2, -0.15) is 12.1 Å². The summed E-state index contributed by atoms with van der Waals surface area (Å²) < 4.78 is 20.0.